The molecule has 2 unspecified atom stereocenters. The third-order valence-corrected chi connectivity index (χ3v) is 3.70. The van der Waals surface area contributed by atoms with Crippen LogP contribution in [0.25, 0.3) is 0 Å². The van der Waals surface area contributed by atoms with E-state index >= 15 is 0 Å². The topological polar surface area (TPSA) is 46.5 Å². The summed E-state index contributed by atoms with van der Waals surface area (Å²) < 4.78 is 4.86. The lowest BCUT2D eigenvalue weighted by atomic mass is 9.78. The van der Waals surface area contributed by atoms with Gasteiger partial charge < -0.3 is 9.84 Å². The van der Waals surface area contributed by atoms with Crippen LogP contribution in [0, 0.1) is 12.8 Å². The first kappa shape index (κ1) is 15.7. The second-order valence-electron chi connectivity index (χ2n) is 5.18. The smallest absolute Gasteiger partial charge is 0.311 e. The Morgan fingerprint density at radius 2 is 2.05 bits per heavy atom. The monoisotopic (exact) mass is 264 g/mol. The molecule has 0 radical (unpaired) electrons. The minimum Gasteiger partial charge on any atom is -0.469 e. The number of carbonyl (C=O) groups is 1. The number of hydrogen-bond acceptors (Lipinski definition) is 3. The number of aliphatic hydroxyl groups is 1. The first-order valence-corrected chi connectivity index (χ1v) is 6.81. The van der Waals surface area contributed by atoms with Gasteiger partial charge in [-0.25, -0.2) is 0 Å². The zero-order chi connectivity index (χ0) is 14.5. The highest BCUT2D eigenvalue weighted by molar-refractivity contribution is 5.74. The van der Waals surface area contributed by atoms with Gasteiger partial charge in [0.1, 0.15) is 5.60 Å². The third-order valence-electron chi connectivity index (χ3n) is 3.70. The minimum atomic E-state index is -1.20. The second kappa shape index (κ2) is 6.71. The van der Waals surface area contributed by atoms with E-state index in [1.165, 1.54) is 7.11 Å². The summed E-state index contributed by atoms with van der Waals surface area (Å²) in [6.45, 7) is 5.71. The fraction of sp³-hybridized carbons (Fsp3) is 0.562. The first-order chi connectivity index (χ1) is 8.95. The molecule has 3 heteroatoms. The Hall–Kier alpha value is -1.35. The lowest BCUT2D eigenvalue weighted by molar-refractivity contribution is -0.156. The van der Waals surface area contributed by atoms with Gasteiger partial charge in [0.25, 0.3) is 0 Å². The van der Waals surface area contributed by atoms with E-state index in [0.717, 1.165) is 24.0 Å². The molecule has 0 aliphatic rings. The molecule has 0 aliphatic carbocycles. The lowest BCUT2D eigenvalue weighted by Gasteiger charge is -2.32. The molecular weight excluding hydrogens is 240 g/mol. The standard InChI is InChI=1S/C16H24O3/c1-5-6-10-14(15(17)19-4)16(3,18)13-11-8-7-9-12(13)2/h7-9,11,14,18H,5-6,10H2,1-4H3. The van der Waals surface area contributed by atoms with Gasteiger partial charge >= 0.3 is 5.97 Å². The molecule has 1 aromatic carbocycles. The molecule has 0 saturated heterocycles. The molecule has 2 atom stereocenters. The van der Waals surface area contributed by atoms with Crippen molar-refractivity contribution >= 4 is 5.97 Å². The van der Waals surface area contributed by atoms with Crippen molar-refractivity contribution in [3.63, 3.8) is 0 Å². The molecule has 0 spiro atoms. The van der Waals surface area contributed by atoms with Crippen molar-refractivity contribution in [3.05, 3.63) is 35.4 Å². The van der Waals surface area contributed by atoms with Crippen LogP contribution in [0.3, 0.4) is 0 Å². The number of carbonyl (C=O) groups excluding carboxylic acids is 1. The summed E-state index contributed by atoms with van der Waals surface area (Å²) in [5.74, 6) is -0.875. The molecule has 3 nitrogen and oxygen atoms in total. The van der Waals surface area contributed by atoms with Crippen LogP contribution < -0.4 is 0 Å². The first-order valence-electron chi connectivity index (χ1n) is 6.81. The number of methoxy groups -OCH3 is 1. The highest BCUT2D eigenvalue weighted by Gasteiger charge is 2.39. The van der Waals surface area contributed by atoms with Crippen LogP contribution in [0.4, 0.5) is 0 Å². The van der Waals surface area contributed by atoms with Crippen LogP contribution in [-0.4, -0.2) is 18.2 Å². The highest BCUT2D eigenvalue weighted by Crippen LogP contribution is 2.35. The van der Waals surface area contributed by atoms with Crippen molar-refractivity contribution in [1.29, 1.82) is 0 Å². The summed E-state index contributed by atoms with van der Waals surface area (Å²) in [7, 11) is 1.37. The predicted octanol–water partition coefficient (Wildman–Crippen LogP) is 3.18. The highest BCUT2D eigenvalue weighted by atomic mass is 16.5. The number of unbranched alkanes of at least 4 members (excludes halogenated alkanes) is 1. The van der Waals surface area contributed by atoms with Crippen LogP contribution in [0.1, 0.15) is 44.2 Å². The Morgan fingerprint density at radius 3 is 2.58 bits per heavy atom. The average molecular weight is 264 g/mol. The zero-order valence-corrected chi connectivity index (χ0v) is 12.3. The van der Waals surface area contributed by atoms with Crippen LogP contribution in [-0.2, 0) is 15.1 Å². The average Bonchev–Trinajstić information content (AvgIpc) is 2.38. The van der Waals surface area contributed by atoms with Crippen LogP contribution in [0.15, 0.2) is 24.3 Å². The largest absolute Gasteiger partial charge is 0.469 e. The Balaban J connectivity index is 3.11. The van der Waals surface area contributed by atoms with Gasteiger partial charge in [-0.1, -0.05) is 44.0 Å². The summed E-state index contributed by atoms with van der Waals surface area (Å²) in [5.41, 5.74) is 0.576. The Morgan fingerprint density at radius 1 is 1.42 bits per heavy atom. The summed E-state index contributed by atoms with van der Waals surface area (Å²) in [5, 5.41) is 10.9. The summed E-state index contributed by atoms with van der Waals surface area (Å²) in [6.07, 6.45) is 2.50. The Kier molecular flexibility index (Phi) is 5.55. The van der Waals surface area contributed by atoms with Gasteiger partial charge in [-0.2, -0.15) is 0 Å². The number of ether oxygens (including phenoxy) is 1. The van der Waals surface area contributed by atoms with Gasteiger partial charge in [-0.05, 0) is 31.4 Å². The molecular formula is C16H24O3. The predicted molar refractivity (Wildman–Crippen MR) is 75.8 cm³/mol. The molecule has 1 rings (SSSR count). The molecule has 0 saturated carbocycles. The van der Waals surface area contributed by atoms with E-state index in [1.807, 2.05) is 31.2 Å². The lowest BCUT2D eigenvalue weighted by Crippen LogP contribution is -2.38. The molecule has 0 aromatic heterocycles. The van der Waals surface area contributed by atoms with Crippen molar-refractivity contribution in [1.82, 2.24) is 0 Å². The number of hydrogen-bond donors (Lipinski definition) is 1. The molecule has 1 N–H and O–H groups in total. The molecule has 0 heterocycles. The van der Waals surface area contributed by atoms with Gasteiger partial charge in [-0.3, -0.25) is 4.79 Å². The molecule has 0 fully saturated rings. The van der Waals surface area contributed by atoms with E-state index in [4.69, 9.17) is 4.74 Å². The van der Waals surface area contributed by atoms with Crippen molar-refractivity contribution < 1.29 is 14.6 Å². The van der Waals surface area contributed by atoms with Crippen molar-refractivity contribution in [2.75, 3.05) is 7.11 Å². The van der Waals surface area contributed by atoms with E-state index in [1.54, 1.807) is 6.92 Å². The fourth-order valence-corrected chi connectivity index (χ4v) is 2.51. The molecule has 19 heavy (non-hydrogen) atoms. The normalized spacial score (nSPS) is 15.6. The number of aryl methyl sites for hydroxylation is 1. The minimum absolute atomic E-state index is 0.346. The summed E-state index contributed by atoms with van der Waals surface area (Å²) in [4.78, 5) is 12.0. The Labute approximate surface area is 115 Å². The van der Waals surface area contributed by atoms with Gasteiger partial charge in [0.15, 0.2) is 0 Å². The fourth-order valence-electron chi connectivity index (χ4n) is 2.51. The van der Waals surface area contributed by atoms with E-state index in [2.05, 4.69) is 6.92 Å². The third kappa shape index (κ3) is 3.57. The summed E-state index contributed by atoms with van der Waals surface area (Å²) >= 11 is 0. The maximum absolute atomic E-state index is 12.0. The van der Waals surface area contributed by atoms with Crippen molar-refractivity contribution in [2.24, 2.45) is 5.92 Å². The van der Waals surface area contributed by atoms with Gasteiger partial charge in [-0.15, -0.1) is 0 Å². The number of rotatable bonds is 6. The molecule has 0 amide bonds. The van der Waals surface area contributed by atoms with Crippen LogP contribution in [0.5, 0.6) is 0 Å². The van der Waals surface area contributed by atoms with Crippen molar-refractivity contribution in [2.45, 2.75) is 45.6 Å². The molecule has 0 aliphatic heterocycles. The second-order valence-corrected chi connectivity index (χ2v) is 5.18. The van der Waals surface area contributed by atoms with Gasteiger partial charge in [0.2, 0.25) is 0 Å². The van der Waals surface area contributed by atoms with Crippen LogP contribution in [0.2, 0.25) is 0 Å². The van der Waals surface area contributed by atoms with E-state index in [-0.39, 0.29) is 5.97 Å². The summed E-state index contributed by atoms with van der Waals surface area (Å²) in [6, 6.07) is 7.62. The maximum atomic E-state index is 12.0. The van der Waals surface area contributed by atoms with Crippen LogP contribution >= 0.6 is 0 Å². The SMILES string of the molecule is CCCCC(C(=O)OC)C(C)(O)c1ccccc1C. The quantitative estimate of drug-likeness (QED) is 0.803. The van der Waals surface area contributed by atoms with E-state index in [9.17, 15) is 9.90 Å². The number of esters is 1. The van der Waals surface area contributed by atoms with Gasteiger partial charge in [0, 0.05) is 0 Å². The van der Waals surface area contributed by atoms with Crippen molar-refractivity contribution in [3.8, 4) is 0 Å². The van der Waals surface area contributed by atoms with E-state index in [0.29, 0.717) is 6.42 Å². The molecule has 1 aromatic rings. The van der Waals surface area contributed by atoms with Gasteiger partial charge in [0.05, 0.1) is 13.0 Å². The number of benzene rings is 1. The van der Waals surface area contributed by atoms with E-state index < -0.39 is 11.5 Å². The maximum Gasteiger partial charge on any atom is 0.311 e. The molecule has 106 valence electrons. The molecule has 0 bridgehead atoms. The Bertz CT molecular complexity index is 424. The zero-order valence-electron chi connectivity index (χ0n) is 12.3.